The van der Waals surface area contributed by atoms with Crippen LogP contribution in [0.1, 0.15) is 0 Å². The minimum Gasteiger partial charge on any atom is -0.258 e. The predicted molar refractivity (Wildman–Crippen MR) is 72.2 cm³/mol. The van der Waals surface area contributed by atoms with Crippen LogP contribution in [0.4, 0.5) is 11.4 Å². The molecule has 0 saturated heterocycles. The van der Waals surface area contributed by atoms with Gasteiger partial charge in [0.25, 0.3) is 5.69 Å². The van der Waals surface area contributed by atoms with Crippen LogP contribution in [-0.2, 0) is 0 Å². The van der Waals surface area contributed by atoms with Gasteiger partial charge in [-0.25, -0.2) is 4.68 Å². The number of fused-ring (bicyclic) bond motifs is 1. The first kappa shape index (κ1) is 12.7. The van der Waals surface area contributed by atoms with Crippen LogP contribution in [0, 0.1) is 20.2 Å². The molecule has 2 aromatic carbocycles. The number of para-hydroxylation sites is 1. The quantitative estimate of drug-likeness (QED) is 0.538. The summed E-state index contributed by atoms with van der Waals surface area (Å²) in [6, 6.07) is 10.8. The zero-order chi connectivity index (χ0) is 15.0. The molecule has 1 aromatic heterocycles. The normalized spacial score (nSPS) is 10.7. The highest BCUT2D eigenvalue weighted by Gasteiger charge is 2.24. The minimum atomic E-state index is -0.700. The zero-order valence-corrected chi connectivity index (χ0v) is 10.4. The number of benzene rings is 2. The van der Waals surface area contributed by atoms with Crippen molar-refractivity contribution in [2.75, 3.05) is 0 Å². The maximum atomic E-state index is 11.2. The van der Waals surface area contributed by atoms with Gasteiger partial charge in [0.15, 0.2) is 5.52 Å². The maximum Gasteiger partial charge on any atom is 0.304 e. The van der Waals surface area contributed by atoms with Crippen molar-refractivity contribution in [1.29, 1.82) is 0 Å². The van der Waals surface area contributed by atoms with Gasteiger partial charge in [0.2, 0.25) is 0 Å². The Balaban J connectivity index is 2.35. The van der Waals surface area contributed by atoms with Gasteiger partial charge in [0.05, 0.1) is 21.6 Å². The smallest absolute Gasteiger partial charge is 0.258 e. The number of hydrogen-bond acceptors (Lipinski definition) is 6. The number of hydrogen-bond donors (Lipinski definition) is 0. The molecule has 1 heterocycles. The molecule has 0 aliphatic heterocycles. The molecular weight excluding hydrogens is 278 g/mol. The molecule has 0 fully saturated rings. The van der Waals surface area contributed by atoms with Crippen molar-refractivity contribution in [1.82, 2.24) is 15.0 Å². The fraction of sp³-hybridized carbons (Fsp3) is 0. The van der Waals surface area contributed by atoms with Crippen molar-refractivity contribution < 1.29 is 9.85 Å². The SMILES string of the molecule is O=[N+]([O-])c1cc([N+](=O)[O-])c2c(c1)nnn2-c1ccccc1. The van der Waals surface area contributed by atoms with Crippen LogP contribution in [0.3, 0.4) is 0 Å². The lowest BCUT2D eigenvalue weighted by Gasteiger charge is -2.02. The molecular formula is C12H7N5O4. The highest BCUT2D eigenvalue weighted by atomic mass is 16.6. The number of rotatable bonds is 3. The first-order chi connectivity index (χ1) is 10.1. The number of nitro groups is 2. The standard InChI is InChI=1S/C12H7N5O4/c18-16(19)9-6-10-12(11(7-9)17(20)21)15(14-13-10)8-4-2-1-3-5-8/h1-7H. The second-order valence-corrected chi connectivity index (χ2v) is 4.18. The fourth-order valence-electron chi connectivity index (χ4n) is 2.02. The number of aromatic nitrogens is 3. The Labute approximate surface area is 116 Å². The van der Waals surface area contributed by atoms with Crippen LogP contribution in [-0.4, -0.2) is 24.8 Å². The van der Waals surface area contributed by atoms with Gasteiger partial charge in [0, 0.05) is 6.07 Å². The summed E-state index contributed by atoms with van der Waals surface area (Å²) in [4.78, 5) is 20.6. The summed E-state index contributed by atoms with van der Waals surface area (Å²) in [5.41, 5.74) is -0.00382. The summed E-state index contributed by atoms with van der Waals surface area (Å²) >= 11 is 0. The Morgan fingerprint density at radius 1 is 1.00 bits per heavy atom. The molecule has 0 radical (unpaired) electrons. The molecule has 0 bridgehead atoms. The Hall–Kier alpha value is -3.36. The first-order valence-corrected chi connectivity index (χ1v) is 5.81. The van der Waals surface area contributed by atoms with Gasteiger partial charge in [-0.05, 0) is 12.1 Å². The van der Waals surface area contributed by atoms with Gasteiger partial charge in [-0.3, -0.25) is 20.2 Å². The fourth-order valence-corrected chi connectivity index (χ4v) is 2.02. The topological polar surface area (TPSA) is 117 Å². The largest absolute Gasteiger partial charge is 0.304 e. The molecule has 104 valence electrons. The third kappa shape index (κ3) is 2.06. The average Bonchev–Trinajstić information content (AvgIpc) is 2.90. The Morgan fingerprint density at radius 3 is 2.33 bits per heavy atom. The summed E-state index contributed by atoms with van der Waals surface area (Å²) in [6.45, 7) is 0. The van der Waals surface area contributed by atoms with Gasteiger partial charge >= 0.3 is 5.69 Å². The van der Waals surface area contributed by atoms with Crippen LogP contribution in [0.5, 0.6) is 0 Å². The van der Waals surface area contributed by atoms with E-state index in [1.165, 1.54) is 4.68 Å². The van der Waals surface area contributed by atoms with E-state index in [0.29, 0.717) is 5.69 Å². The molecule has 9 heteroatoms. The third-order valence-corrected chi connectivity index (χ3v) is 2.92. The summed E-state index contributed by atoms with van der Waals surface area (Å²) < 4.78 is 1.29. The van der Waals surface area contributed by atoms with Crippen molar-refractivity contribution in [2.45, 2.75) is 0 Å². The molecule has 0 N–H and O–H groups in total. The van der Waals surface area contributed by atoms with E-state index in [2.05, 4.69) is 10.3 Å². The van der Waals surface area contributed by atoms with Gasteiger partial charge in [0.1, 0.15) is 5.52 Å². The molecule has 0 aliphatic rings. The lowest BCUT2D eigenvalue weighted by molar-refractivity contribution is -0.393. The summed E-state index contributed by atoms with van der Waals surface area (Å²) in [7, 11) is 0. The van der Waals surface area contributed by atoms with Crippen molar-refractivity contribution in [3.05, 3.63) is 62.7 Å². The highest BCUT2D eigenvalue weighted by molar-refractivity contribution is 5.88. The summed E-state index contributed by atoms with van der Waals surface area (Å²) in [5, 5.41) is 29.6. The third-order valence-electron chi connectivity index (χ3n) is 2.92. The van der Waals surface area contributed by atoms with Gasteiger partial charge in [-0.15, -0.1) is 5.10 Å². The molecule has 0 saturated carbocycles. The molecule has 21 heavy (non-hydrogen) atoms. The van der Waals surface area contributed by atoms with E-state index in [0.717, 1.165) is 12.1 Å². The summed E-state index contributed by atoms with van der Waals surface area (Å²) in [5.74, 6) is 0. The van der Waals surface area contributed by atoms with E-state index in [9.17, 15) is 20.2 Å². The van der Waals surface area contributed by atoms with Crippen LogP contribution in [0.2, 0.25) is 0 Å². The van der Waals surface area contributed by atoms with E-state index < -0.39 is 21.2 Å². The lowest BCUT2D eigenvalue weighted by atomic mass is 10.2. The predicted octanol–water partition coefficient (Wildman–Crippen LogP) is 2.24. The second kappa shape index (κ2) is 4.63. The lowest BCUT2D eigenvalue weighted by Crippen LogP contribution is -2.00. The second-order valence-electron chi connectivity index (χ2n) is 4.18. The Morgan fingerprint density at radius 2 is 1.71 bits per heavy atom. The summed E-state index contributed by atoms with van der Waals surface area (Å²) in [6.07, 6.45) is 0. The number of nitrogens with zero attached hydrogens (tertiary/aromatic N) is 5. The maximum absolute atomic E-state index is 11.2. The van der Waals surface area contributed by atoms with E-state index in [1.54, 1.807) is 30.3 Å². The molecule has 3 aromatic rings. The van der Waals surface area contributed by atoms with Crippen LogP contribution in [0.25, 0.3) is 16.7 Å². The van der Waals surface area contributed by atoms with Crippen molar-refractivity contribution in [3.63, 3.8) is 0 Å². The Kier molecular flexibility index (Phi) is 2.79. The number of non-ortho nitro benzene ring substituents is 2. The molecule has 9 nitrogen and oxygen atoms in total. The van der Waals surface area contributed by atoms with Gasteiger partial charge in [-0.2, -0.15) is 0 Å². The van der Waals surface area contributed by atoms with E-state index in [-0.39, 0.29) is 11.0 Å². The highest BCUT2D eigenvalue weighted by Crippen LogP contribution is 2.30. The van der Waals surface area contributed by atoms with Crippen LogP contribution in [0.15, 0.2) is 42.5 Å². The van der Waals surface area contributed by atoms with Crippen LogP contribution < -0.4 is 0 Å². The van der Waals surface area contributed by atoms with Gasteiger partial charge < -0.3 is 0 Å². The van der Waals surface area contributed by atoms with Crippen molar-refractivity contribution in [3.8, 4) is 5.69 Å². The molecule has 0 aliphatic carbocycles. The zero-order valence-electron chi connectivity index (χ0n) is 10.4. The minimum absolute atomic E-state index is 0.0970. The molecule has 0 unspecified atom stereocenters. The molecule has 0 spiro atoms. The van der Waals surface area contributed by atoms with E-state index >= 15 is 0 Å². The molecule has 0 amide bonds. The average molecular weight is 285 g/mol. The number of nitro benzene ring substituents is 2. The Bertz CT molecular complexity index is 859. The molecule has 3 rings (SSSR count). The molecule has 0 atom stereocenters. The van der Waals surface area contributed by atoms with E-state index in [4.69, 9.17) is 0 Å². The monoisotopic (exact) mass is 285 g/mol. The van der Waals surface area contributed by atoms with E-state index in [1.807, 2.05) is 0 Å². The van der Waals surface area contributed by atoms with Crippen molar-refractivity contribution in [2.24, 2.45) is 0 Å². The first-order valence-electron chi connectivity index (χ1n) is 5.81. The van der Waals surface area contributed by atoms with Crippen molar-refractivity contribution >= 4 is 22.4 Å². The van der Waals surface area contributed by atoms with Crippen LogP contribution >= 0.6 is 0 Å². The van der Waals surface area contributed by atoms with Gasteiger partial charge in [-0.1, -0.05) is 23.4 Å².